The minimum Gasteiger partial charge on any atom is -0.480 e. The predicted octanol–water partition coefficient (Wildman–Crippen LogP) is 2.28. The minimum atomic E-state index is -1.05. The second kappa shape index (κ2) is 6.86. The van der Waals surface area contributed by atoms with Gasteiger partial charge in [0.1, 0.15) is 12.1 Å². The fourth-order valence-corrected chi connectivity index (χ4v) is 5.77. The third kappa shape index (κ3) is 3.35. The minimum absolute atomic E-state index is 0.0139. The number of nitrogens with one attached hydrogen (secondary N) is 1. The highest BCUT2D eigenvalue weighted by Gasteiger charge is 2.55. The Hall–Kier alpha value is -1.59. The molecule has 4 rings (SSSR count). The average molecular weight is 364 g/mol. The summed E-state index contributed by atoms with van der Waals surface area (Å²) in [4.78, 5) is 38.5. The molecular weight excluding hydrogens is 332 g/mol. The lowest BCUT2D eigenvalue weighted by Crippen LogP contribution is -2.59. The Morgan fingerprint density at radius 2 is 1.46 bits per heavy atom. The average Bonchev–Trinajstić information content (AvgIpc) is 2.55. The van der Waals surface area contributed by atoms with Crippen LogP contribution < -0.4 is 5.32 Å². The first kappa shape index (κ1) is 19.2. The molecule has 2 atom stereocenters. The van der Waals surface area contributed by atoms with Crippen LogP contribution >= 0.6 is 0 Å². The highest BCUT2D eigenvalue weighted by atomic mass is 16.4. The first-order valence-electron chi connectivity index (χ1n) is 9.93. The van der Waals surface area contributed by atoms with Crippen molar-refractivity contribution in [3.8, 4) is 0 Å². The van der Waals surface area contributed by atoms with Crippen LogP contribution in [0.25, 0.3) is 0 Å². The van der Waals surface area contributed by atoms with Gasteiger partial charge in [-0.05, 0) is 69.1 Å². The Kier molecular flexibility index (Phi) is 5.06. The maximum Gasteiger partial charge on any atom is 0.326 e. The Balaban J connectivity index is 1.73. The van der Waals surface area contributed by atoms with Crippen LogP contribution in [0.4, 0.5) is 0 Å². The van der Waals surface area contributed by atoms with Crippen LogP contribution in [-0.4, -0.2) is 46.9 Å². The summed E-state index contributed by atoms with van der Waals surface area (Å²) in [7, 11) is 1.49. The molecule has 4 saturated carbocycles. The van der Waals surface area contributed by atoms with E-state index >= 15 is 0 Å². The van der Waals surface area contributed by atoms with Crippen molar-refractivity contribution in [3.63, 3.8) is 0 Å². The third-order valence-electron chi connectivity index (χ3n) is 7.03. The molecule has 0 aliphatic heterocycles. The molecule has 6 nitrogen and oxygen atoms in total. The molecule has 6 heteroatoms. The van der Waals surface area contributed by atoms with Gasteiger partial charge in [0.2, 0.25) is 11.8 Å². The molecule has 2 N–H and O–H groups in total. The molecule has 4 bridgehead atoms. The van der Waals surface area contributed by atoms with E-state index in [0.717, 1.165) is 19.3 Å². The maximum atomic E-state index is 13.2. The zero-order valence-corrected chi connectivity index (χ0v) is 16.3. The molecule has 146 valence electrons. The van der Waals surface area contributed by atoms with Gasteiger partial charge < -0.3 is 15.3 Å². The van der Waals surface area contributed by atoms with Crippen molar-refractivity contribution >= 4 is 17.8 Å². The van der Waals surface area contributed by atoms with Crippen molar-refractivity contribution in [2.24, 2.45) is 29.1 Å². The fourth-order valence-electron chi connectivity index (χ4n) is 5.77. The number of carbonyl (C=O) groups excluding carboxylic acids is 2. The lowest BCUT2D eigenvalue weighted by Gasteiger charge is -2.56. The molecule has 26 heavy (non-hydrogen) atoms. The molecule has 4 aliphatic carbocycles. The number of carboxylic acids is 1. The second-order valence-corrected chi connectivity index (χ2v) is 9.36. The molecule has 0 radical (unpaired) electrons. The summed E-state index contributed by atoms with van der Waals surface area (Å²) in [6, 6.07) is -1.59. The molecule has 4 aliphatic rings. The molecule has 0 saturated heterocycles. The number of amides is 2. The first-order valence-corrected chi connectivity index (χ1v) is 9.93. The normalized spacial score (nSPS) is 34.4. The molecule has 0 aromatic heterocycles. The molecule has 0 spiro atoms. The van der Waals surface area contributed by atoms with Crippen LogP contribution in [0.1, 0.15) is 59.3 Å². The number of hydrogen-bond donors (Lipinski definition) is 2. The van der Waals surface area contributed by atoms with Gasteiger partial charge in [-0.3, -0.25) is 9.59 Å². The Bertz CT molecular complexity index is 565. The Morgan fingerprint density at radius 1 is 1.00 bits per heavy atom. The van der Waals surface area contributed by atoms with Gasteiger partial charge in [-0.15, -0.1) is 0 Å². The highest BCUT2D eigenvalue weighted by Crippen LogP contribution is 2.60. The van der Waals surface area contributed by atoms with Gasteiger partial charge in [0, 0.05) is 12.5 Å². The number of carbonyl (C=O) groups is 3. The third-order valence-corrected chi connectivity index (χ3v) is 7.03. The zero-order chi connectivity index (χ0) is 19.2. The van der Waals surface area contributed by atoms with E-state index < -0.39 is 18.1 Å². The SMILES string of the molecule is CC(C)C(NC(=O)C12CC3CC(CC(C3)C1)C2)C(=O)N(C)C(C)C(=O)O. The summed E-state index contributed by atoms with van der Waals surface area (Å²) >= 11 is 0. The summed E-state index contributed by atoms with van der Waals surface area (Å²) in [6.45, 7) is 5.27. The highest BCUT2D eigenvalue weighted by molar-refractivity contribution is 5.92. The van der Waals surface area contributed by atoms with E-state index in [1.165, 1.54) is 38.1 Å². The van der Waals surface area contributed by atoms with Gasteiger partial charge in [0.15, 0.2) is 0 Å². The number of nitrogens with zero attached hydrogens (tertiary/aromatic N) is 1. The lowest BCUT2D eigenvalue weighted by molar-refractivity contribution is -0.153. The standard InChI is InChI=1S/C20H32N2O4/c1-11(2)16(17(23)22(4)12(3)18(24)25)21-19(26)20-8-13-5-14(9-20)7-15(6-13)10-20/h11-16H,5-10H2,1-4H3,(H,21,26)(H,24,25). The largest absolute Gasteiger partial charge is 0.480 e. The van der Waals surface area contributed by atoms with E-state index in [2.05, 4.69) is 5.32 Å². The monoisotopic (exact) mass is 364 g/mol. The summed E-state index contributed by atoms with van der Waals surface area (Å²) in [5.74, 6) is 0.535. The van der Waals surface area contributed by atoms with Crippen LogP contribution in [-0.2, 0) is 14.4 Å². The molecule has 2 amide bonds. The van der Waals surface area contributed by atoms with Crippen LogP contribution in [0, 0.1) is 29.1 Å². The second-order valence-electron chi connectivity index (χ2n) is 9.36. The number of carboxylic acid groups (broad SMARTS) is 1. The topological polar surface area (TPSA) is 86.7 Å². The number of hydrogen-bond acceptors (Lipinski definition) is 3. The first-order chi connectivity index (χ1) is 12.1. The molecule has 2 unspecified atom stereocenters. The molecule has 0 heterocycles. The van der Waals surface area contributed by atoms with E-state index in [9.17, 15) is 19.5 Å². The van der Waals surface area contributed by atoms with Crippen LogP contribution in [0.5, 0.6) is 0 Å². The summed E-state index contributed by atoms with van der Waals surface area (Å²) < 4.78 is 0. The Morgan fingerprint density at radius 3 is 1.85 bits per heavy atom. The van der Waals surface area contributed by atoms with Crippen molar-refractivity contribution in [1.29, 1.82) is 0 Å². The van der Waals surface area contributed by atoms with Gasteiger partial charge >= 0.3 is 5.97 Å². The van der Waals surface area contributed by atoms with Crippen molar-refractivity contribution in [2.75, 3.05) is 7.05 Å². The van der Waals surface area contributed by atoms with Gasteiger partial charge in [-0.25, -0.2) is 4.79 Å². The van der Waals surface area contributed by atoms with Crippen molar-refractivity contribution < 1.29 is 19.5 Å². The van der Waals surface area contributed by atoms with Gasteiger partial charge in [0.05, 0.1) is 0 Å². The quantitative estimate of drug-likeness (QED) is 0.757. The van der Waals surface area contributed by atoms with Crippen molar-refractivity contribution in [1.82, 2.24) is 10.2 Å². The smallest absolute Gasteiger partial charge is 0.326 e. The van der Waals surface area contributed by atoms with E-state index in [1.807, 2.05) is 13.8 Å². The summed E-state index contributed by atoms with van der Waals surface area (Å²) in [5.41, 5.74) is -0.306. The van der Waals surface area contributed by atoms with Crippen LogP contribution in [0.2, 0.25) is 0 Å². The van der Waals surface area contributed by atoms with Gasteiger partial charge in [-0.1, -0.05) is 13.8 Å². The van der Waals surface area contributed by atoms with Crippen molar-refractivity contribution in [2.45, 2.75) is 71.4 Å². The van der Waals surface area contributed by atoms with E-state index in [4.69, 9.17) is 0 Å². The van der Waals surface area contributed by atoms with E-state index in [1.54, 1.807) is 0 Å². The Labute approximate surface area is 155 Å². The van der Waals surface area contributed by atoms with Crippen LogP contribution in [0.3, 0.4) is 0 Å². The predicted molar refractivity (Wildman–Crippen MR) is 97.2 cm³/mol. The number of rotatable bonds is 6. The summed E-state index contributed by atoms with van der Waals surface area (Å²) in [6.07, 6.45) is 6.63. The summed E-state index contributed by atoms with van der Waals surface area (Å²) in [5, 5.41) is 12.2. The van der Waals surface area contributed by atoms with E-state index in [-0.39, 0.29) is 23.1 Å². The molecule has 4 fully saturated rings. The van der Waals surface area contributed by atoms with Crippen LogP contribution in [0.15, 0.2) is 0 Å². The van der Waals surface area contributed by atoms with Crippen molar-refractivity contribution in [3.05, 3.63) is 0 Å². The molecule has 0 aromatic rings. The number of aliphatic carboxylic acids is 1. The zero-order valence-electron chi connectivity index (χ0n) is 16.3. The molecular formula is C20H32N2O4. The molecule has 0 aromatic carbocycles. The fraction of sp³-hybridized carbons (Fsp3) is 0.850. The number of likely N-dealkylation sites (N-methyl/N-ethyl adjacent to an activating group) is 1. The van der Waals surface area contributed by atoms with E-state index in [0.29, 0.717) is 17.8 Å². The van der Waals surface area contributed by atoms with Gasteiger partial charge in [-0.2, -0.15) is 0 Å². The lowest BCUT2D eigenvalue weighted by atomic mass is 9.49. The maximum absolute atomic E-state index is 13.2. The van der Waals surface area contributed by atoms with Gasteiger partial charge in [0.25, 0.3) is 0 Å².